The minimum Gasteiger partial charge on any atom is -0.366 e. The molecule has 0 unspecified atom stereocenters. The molecule has 0 radical (unpaired) electrons. The maximum Gasteiger partial charge on any atom is 0.433 e. The van der Waals surface area contributed by atoms with Crippen molar-refractivity contribution in [2.45, 2.75) is 6.18 Å². The zero-order chi connectivity index (χ0) is 18.6. The van der Waals surface area contributed by atoms with Gasteiger partial charge in [0.25, 0.3) is 0 Å². The Kier molecular flexibility index (Phi) is 3.26. The number of alkyl halides is 3. The molecule has 0 saturated heterocycles. The highest BCUT2D eigenvalue weighted by atomic mass is 19.4. The summed E-state index contributed by atoms with van der Waals surface area (Å²) in [7, 11) is 1.66. The van der Waals surface area contributed by atoms with Crippen LogP contribution in [0.15, 0.2) is 36.5 Å². The van der Waals surface area contributed by atoms with E-state index in [1.165, 1.54) is 10.7 Å². The van der Waals surface area contributed by atoms with Gasteiger partial charge in [-0.2, -0.15) is 13.2 Å². The lowest BCUT2D eigenvalue weighted by Crippen LogP contribution is -2.10. The second-order valence-corrected chi connectivity index (χ2v) is 5.72. The summed E-state index contributed by atoms with van der Waals surface area (Å²) in [4.78, 5) is 15.0. The Labute approximate surface area is 143 Å². The molecule has 4 aromatic rings. The number of benzene rings is 1. The lowest BCUT2D eigenvalue weighted by molar-refractivity contribution is -0.141. The van der Waals surface area contributed by atoms with E-state index in [-0.39, 0.29) is 0 Å². The second-order valence-electron chi connectivity index (χ2n) is 5.72. The summed E-state index contributed by atoms with van der Waals surface area (Å²) < 4.78 is 41.5. The Morgan fingerprint density at radius 1 is 1.19 bits per heavy atom. The summed E-state index contributed by atoms with van der Waals surface area (Å²) in [6.45, 7) is 0. The number of aromatic nitrogens is 5. The molecule has 0 bridgehead atoms. The summed E-state index contributed by atoms with van der Waals surface area (Å²) in [5, 5.41) is 8.66. The van der Waals surface area contributed by atoms with Crippen LogP contribution < -0.4 is 5.73 Å². The summed E-state index contributed by atoms with van der Waals surface area (Å²) >= 11 is 0. The molecule has 26 heavy (non-hydrogen) atoms. The van der Waals surface area contributed by atoms with E-state index in [1.807, 2.05) is 0 Å². The Morgan fingerprint density at radius 2 is 1.96 bits per heavy atom. The molecule has 0 aliphatic carbocycles. The predicted molar refractivity (Wildman–Crippen MR) is 86.7 cm³/mol. The van der Waals surface area contributed by atoms with Crippen LogP contribution in [0.25, 0.3) is 27.8 Å². The summed E-state index contributed by atoms with van der Waals surface area (Å²) in [5.74, 6) is -0.590. The fourth-order valence-electron chi connectivity index (χ4n) is 2.91. The van der Waals surface area contributed by atoms with Gasteiger partial charge in [-0.25, -0.2) is 9.67 Å². The van der Waals surface area contributed by atoms with Crippen molar-refractivity contribution in [3.63, 3.8) is 0 Å². The summed E-state index contributed by atoms with van der Waals surface area (Å²) in [6.07, 6.45) is -3.38. The van der Waals surface area contributed by atoms with Crippen LogP contribution in [0.1, 0.15) is 16.1 Å². The number of nitrogens with zero attached hydrogens (tertiary/aromatic N) is 5. The molecule has 0 atom stereocenters. The summed E-state index contributed by atoms with van der Waals surface area (Å²) in [6, 6.07) is 7.03. The molecule has 0 fully saturated rings. The largest absolute Gasteiger partial charge is 0.433 e. The molecule has 0 aliphatic heterocycles. The van der Waals surface area contributed by atoms with Gasteiger partial charge in [-0.3, -0.25) is 9.36 Å². The first-order valence-electron chi connectivity index (χ1n) is 7.44. The van der Waals surface area contributed by atoms with Gasteiger partial charge in [-0.1, -0.05) is 5.21 Å². The van der Waals surface area contributed by atoms with Crippen LogP contribution in [-0.2, 0) is 13.2 Å². The number of carbonyl (C=O) groups excluding carboxylic acids is 1. The molecule has 0 saturated carbocycles. The van der Waals surface area contributed by atoms with Crippen LogP contribution >= 0.6 is 0 Å². The third-order valence-electron chi connectivity index (χ3n) is 4.08. The number of fused-ring (bicyclic) bond motifs is 3. The van der Waals surface area contributed by atoms with Crippen molar-refractivity contribution in [3.8, 4) is 5.69 Å². The van der Waals surface area contributed by atoms with Crippen LogP contribution in [-0.4, -0.2) is 30.5 Å². The third-order valence-corrected chi connectivity index (χ3v) is 4.08. The van der Waals surface area contributed by atoms with Gasteiger partial charge in [0.2, 0.25) is 5.91 Å². The normalized spacial score (nSPS) is 12.2. The molecule has 0 aliphatic rings. The molecule has 3 heterocycles. The molecule has 1 amide bonds. The van der Waals surface area contributed by atoms with E-state index in [4.69, 9.17) is 5.73 Å². The van der Waals surface area contributed by atoms with Crippen LogP contribution in [0.5, 0.6) is 0 Å². The fraction of sp³-hybridized carbons (Fsp3) is 0.125. The van der Waals surface area contributed by atoms with Gasteiger partial charge in [-0.15, -0.1) is 5.10 Å². The highest BCUT2D eigenvalue weighted by Crippen LogP contribution is 2.32. The Hall–Kier alpha value is -3.43. The quantitative estimate of drug-likeness (QED) is 0.594. The van der Waals surface area contributed by atoms with Crippen molar-refractivity contribution in [1.82, 2.24) is 24.5 Å². The average molecular weight is 360 g/mol. The lowest BCUT2D eigenvalue weighted by atomic mass is 10.1. The number of carbonyl (C=O) groups is 1. The van der Waals surface area contributed by atoms with Crippen molar-refractivity contribution in [3.05, 3.63) is 47.8 Å². The number of hydrogen-bond acceptors (Lipinski definition) is 4. The van der Waals surface area contributed by atoms with Gasteiger partial charge >= 0.3 is 6.18 Å². The van der Waals surface area contributed by atoms with Gasteiger partial charge in [0, 0.05) is 18.0 Å². The van der Waals surface area contributed by atoms with E-state index in [1.54, 1.807) is 29.8 Å². The van der Waals surface area contributed by atoms with E-state index < -0.39 is 17.8 Å². The standard InChI is InChI=1S/C16H11F3N6O/c1-24-15-13(22-23-24)10-6-8(14(20)26)2-4-11(10)25(15)9-3-5-12(21-7-9)16(17,18)19/h2-7H,1H3,(H2,20,26). The molecular formula is C16H11F3N6O. The molecular weight excluding hydrogens is 349 g/mol. The molecule has 132 valence electrons. The van der Waals surface area contributed by atoms with Crippen molar-refractivity contribution in [2.75, 3.05) is 0 Å². The van der Waals surface area contributed by atoms with Gasteiger partial charge < -0.3 is 5.73 Å². The highest BCUT2D eigenvalue weighted by molar-refractivity contribution is 6.08. The highest BCUT2D eigenvalue weighted by Gasteiger charge is 2.32. The monoisotopic (exact) mass is 360 g/mol. The molecule has 1 aromatic carbocycles. The maximum absolute atomic E-state index is 12.8. The van der Waals surface area contributed by atoms with E-state index in [0.29, 0.717) is 33.3 Å². The van der Waals surface area contributed by atoms with E-state index >= 15 is 0 Å². The number of primary amides is 1. The SMILES string of the molecule is Cn1nnc2c3cc(C(N)=O)ccc3n(-c3ccc(C(F)(F)F)nc3)c21. The lowest BCUT2D eigenvalue weighted by Gasteiger charge is -2.10. The Balaban J connectivity index is 2.01. The topological polar surface area (TPSA) is 91.6 Å². The number of nitrogens with two attached hydrogens (primary N) is 1. The van der Waals surface area contributed by atoms with Crippen LogP contribution in [0.4, 0.5) is 13.2 Å². The van der Waals surface area contributed by atoms with E-state index in [2.05, 4.69) is 15.3 Å². The molecule has 3 aromatic heterocycles. The average Bonchev–Trinajstić information content (AvgIpc) is 3.12. The van der Waals surface area contributed by atoms with Gasteiger partial charge in [0.15, 0.2) is 5.65 Å². The van der Waals surface area contributed by atoms with Crippen LogP contribution in [0, 0.1) is 0 Å². The van der Waals surface area contributed by atoms with Gasteiger partial charge in [0.05, 0.1) is 17.4 Å². The number of amides is 1. The minimum atomic E-state index is -4.52. The first-order valence-corrected chi connectivity index (χ1v) is 7.44. The molecule has 7 nitrogen and oxygen atoms in total. The van der Waals surface area contributed by atoms with Crippen molar-refractivity contribution < 1.29 is 18.0 Å². The number of pyridine rings is 1. The van der Waals surface area contributed by atoms with Crippen molar-refractivity contribution in [1.29, 1.82) is 0 Å². The zero-order valence-corrected chi connectivity index (χ0v) is 13.3. The number of aryl methyl sites for hydroxylation is 1. The van der Waals surface area contributed by atoms with Crippen LogP contribution in [0.3, 0.4) is 0 Å². The van der Waals surface area contributed by atoms with Crippen molar-refractivity contribution >= 4 is 28.0 Å². The maximum atomic E-state index is 12.8. The smallest absolute Gasteiger partial charge is 0.366 e. The van der Waals surface area contributed by atoms with E-state index in [0.717, 1.165) is 12.3 Å². The molecule has 4 rings (SSSR count). The molecule has 0 spiro atoms. The first kappa shape index (κ1) is 16.1. The van der Waals surface area contributed by atoms with Gasteiger partial charge in [0.1, 0.15) is 11.2 Å². The number of rotatable bonds is 2. The number of hydrogen-bond donors (Lipinski definition) is 1. The minimum absolute atomic E-state index is 0.299. The van der Waals surface area contributed by atoms with E-state index in [9.17, 15) is 18.0 Å². The third kappa shape index (κ3) is 2.30. The van der Waals surface area contributed by atoms with Crippen LogP contribution in [0.2, 0.25) is 0 Å². The second kappa shape index (κ2) is 5.28. The Bertz CT molecular complexity index is 1160. The molecule has 2 N–H and O–H groups in total. The molecule has 10 heteroatoms. The fourth-order valence-corrected chi connectivity index (χ4v) is 2.91. The van der Waals surface area contributed by atoms with Crippen molar-refractivity contribution in [2.24, 2.45) is 12.8 Å². The Morgan fingerprint density at radius 3 is 2.58 bits per heavy atom. The predicted octanol–water partition coefficient (Wildman–Crippen LogP) is 2.42. The zero-order valence-electron chi connectivity index (χ0n) is 13.3. The summed E-state index contributed by atoms with van der Waals surface area (Å²) in [5.41, 5.74) is 6.77. The first-order chi connectivity index (χ1) is 12.3. The van der Waals surface area contributed by atoms with Gasteiger partial charge in [-0.05, 0) is 30.3 Å². The number of halogens is 3.